The lowest BCUT2D eigenvalue weighted by atomic mass is 9.69. The van der Waals surface area contributed by atoms with Crippen LogP contribution in [0.1, 0.15) is 41.9 Å². The Balaban J connectivity index is 1.52. The monoisotopic (exact) mass is 451 g/mol. The van der Waals surface area contributed by atoms with Crippen LogP contribution in [0.15, 0.2) is 108 Å². The number of pyridine rings is 1. The summed E-state index contributed by atoms with van der Waals surface area (Å²) >= 11 is 0. The molecule has 3 unspecified atom stereocenters. The normalized spacial score (nSPS) is 21.9. The summed E-state index contributed by atoms with van der Waals surface area (Å²) in [6.45, 7) is 2.06. The van der Waals surface area contributed by atoms with Gasteiger partial charge in [0.2, 0.25) is 0 Å². The number of H-pyrrole nitrogens is 1. The van der Waals surface area contributed by atoms with Crippen molar-refractivity contribution in [1.82, 2.24) is 5.32 Å². The Bertz CT molecular complexity index is 1250. The molecule has 5 rings (SSSR count). The van der Waals surface area contributed by atoms with E-state index in [1.807, 2.05) is 80.0 Å². The van der Waals surface area contributed by atoms with Gasteiger partial charge in [0.15, 0.2) is 12.4 Å². The number of aromatic amines is 1. The molecule has 0 saturated carbocycles. The number of allylic oxidation sites excluding steroid dienone is 3. The smallest absolute Gasteiger partial charge is 0.336 e. The molecule has 0 amide bonds. The van der Waals surface area contributed by atoms with Crippen LogP contribution in [-0.4, -0.2) is 11.8 Å². The standard InChI is InChI=1S/C29H26N2O3/c1-19-26(29(33)34-18-20-9-4-2-5-10-20)27(22-13-8-14-30-17-22)28-24(31-19)15-23(16-25(28)32)21-11-6-3-7-12-21/h2-15,17,23,27-28,31H,16,18H2,1H3/p+1. The lowest BCUT2D eigenvalue weighted by molar-refractivity contribution is -0.378. The Hall–Kier alpha value is -3.99. The zero-order valence-corrected chi connectivity index (χ0v) is 19.0. The second-order valence-electron chi connectivity index (χ2n) is 8.83. The number of carbonyl (C=O) groups is 2. The number of rotatable bonds is 5. The fraction of sp³-hybridized carbons (Fsp3) is 0.207. The first-order chi connectivity index (χ1) is 16.6. The van der Waals surface area contributed by atoms with E-state index in [1.54, 1.807) is 0 Å². The number of aromatic nitrogens is 1. The minimum absolute atomic E-state index is 0.00909. The van der Waals surface area contributed by atoms with Gasteiger partial charge < -0.3 is 10.1 Å². The van der Waals surface area contributed by atoms with Gasteiger partial charge in [-0.05, 0) is 24.1 Å². The molecule has 0 spiro atoms. The van der Waals surface area contributed by atoms with Crippen molar-refractivity contribution >= 4 is 11.8 Å². The van der Waals surface area contributed by atoms with Gasteiger partial charge in [0, 0.05) is 41.3 Å². The topological polar surface area (TPSA) is 69.5 Å². The van der Waals surface area contributed by atoms with Crippen molar-refractivity contribution in [2.45, 2.75) is 31.8 Å². The first-order valence-corrected chi connectivity index (χ1v) is 11.6. The maximum atomic E-state index is 13.6. The summed E-state index contributed by atoms with van der Waals surface area (Å²) in [5, 5.41) is 3.39. The highest BCUT2D eigenvalue weighted by Crippen LogP contribution is 2.45. The first kappa shape index (κ1) is 21.8. The third-order valence-electron chi connectivity index (χ3n) is 6.61. The van der Waals surface area contributed by atoms with E-state index in [-0.39, 0.29) is 18.3 Å². The van der Waals surface area contributed by atoms with Gasteiger partial charge in [-0.2, -0.15) is 0 Å². The molecule has 2 aliphatic rings. The van der Waals surface area contributed by atoms with Crippen LogP contribution >= 0.6 is 0 Å². The molecule has 0 bridgehead atoms. The molecule has 0 radical (unpaired) electrons. The Morgan fingerprint density at radius 3 is 2.38 bits per heavy atom. The molecule has 34 heavy (non-hydrogen) atoms. The summed E-state index contributed by atoms with van der Waals surface area (Å²) in [4.78, 5) is 30.1. The molecule has 5 heteroatoms. The van der Waals surface area contributed by atoms with E-state index in [4.69, 9.17) is 4.74 Å². The van der Waals surface area contributed by atoms with Crippen LogP contribution in [0.2, 0.25) is 0 Å². The van der Waals surface area contributed by atoms with Crippen LogP contribution < -0.4 is 10.3 Å². The molecule has 3 atom stereocenters. The maximum absolute atomic E-state index is 13.6. The fourth-order valence-corrected chi connectivity index (χ4v) is 5.02. The van der Waals surface area contributed by atoms with Gasteiger partial charge in [-0.3, -0.25) is 4.79 Å². The molecular weight excluding hydrogens is 424 g/mol. The molecule has 0 fully saturated rings. The molecule has 5 nitrogen and oxygen atoms in total. The number of Topliss-reactive ketones (excluding diaryl/α,β-unsaturated/α-hetero) is 1. The number of fused-ring (bicyclic) bond motifs is 1. The van der Waals surface area contributed by atoms with Crippen molar-refractivity contribution in [3.05, 3.63) is 125 Å². The SMILES string of the molecule is CC1=C(C(=O)OCc2ccccc2)C(c2ccc[nH+]c2)C2C(=O)CC(c3ccccc3)C=C2N1. The van der Waals surface area contributed by atoms with E-state index >= 15 is 0 Å². The lowest BCUT2D eigenvalue weighted by Gasteiger charge is -2.39. The minimum Gasteiger partial charge on any atom is -0.457 e. The van der Waals surface area contributed by atoms with Crippen molar-refractivity contribution in [1.29, 1.82) is 0 Å². The number of ketones is 1. The lowest BCUT2D eigenvalue weighted by Crippen LogP contribution is -2.42. The highest BCUT2D eigenvalue weighted by Gasteiger charge is 2.45. The summed E-state index contributed by atoms with van der Waals surface area (Å²) in [6.07, 6.45) is 6.23. The number of nitrogens with one attached hydrogen (secondary N) is 2. The van der Waals surface area contributed by atoms with Crippen molar-refractivity contribution in [2.24, 2.45) is 5.92 Å². The Kier molecular flexibility index (Phi) is 6.09. The third-order valence-corrected chi connectivity index (χ3v) is 6.61. The van der Waals surface area contributed by atoms with Gasteiger partial charge >= 0.3 is 5.97 Å². The zero-order chi connectivity index (χ0) is 23.5. The van der Waals surface area contributed by atoms with E-state index in [2.05, 4.69) is 28.5 Å². The molecule has 1 aromatic heterocycles. The zero-order valence-electron chi connectivity index (χ0n) is 19.0. The second kappa shape index (κ2) is 9.48. The number of carbonyl (C=O) groups excluding carboxylic acids is 2. The number of ether oxygens (including phenoxy) is 1. The van der Waals surface area contributed by atoms with Gasteiger partial charge in [0.1, 0.15) is 12.4 Å². The molecule has 1 aliphatic carbocycles. The van der Waals surface area contributed by atoms with E-state index in [9.17, 15) is 9.59 Å². The van der Waals surface area contributed by atoms with Crippen LogP contribution in [0.4, 0.5) is 0 Å². The molecule has 2 N–H and O–H groups in total. The predicted octanol–water partition coefficient (Wildman–Crippen LogP) is 4.46. The number of hydrogen-bond donors (Lipinski definition) is 1. The van der Waals surface area contributed by atoms with E-state index < -0.39 is 17.8 Å². The predicted molar refractivity (Wildman–Crippen MR) is 128 cm³/mol. The van der Waals surface area contributed by atoms with Gasteiger partial charge in [-0.25, -0.2) is 9.78 Å². The first-order valence-electron chi connectivity index (χ1n) is 11.6. The van der Waals surface area contributed by atoms with Crippen molar-refractivity contribution in [3.8, 4) is 0 Å². The number of benzene rings is 2. The molecule has 1 aliphatic heterocycles. The van der Waals surface area contributed by atoms with Gasteiger partial charge in [-0.1, -0.05) is 66.7 Å². The highest BCUT2D eigenvalue weighted by atomic mass is 16.5. The highest BCUT2D eigenvalue weighted by molar-refractivity contribution is 5.96. The van der Waals surface area contributed by atoms with Crippen LogP contribution in [0.5, 0.6) is 0 Å². The molecule has 170 valence electrons. The van der Waals surface area contributed by atoms with Crippen molar-refractivity contribution < 1.29 is 19.3 Å². The summed E-state index contributed by atoms with van der Waals surface area (Å²) in [6, 6.07) is 23.5. The van der Waals surface area contributed by atoms with Gasteiger partial charge in [-0.15, -0.1) is 0 Å². The number of esters is 1. The van der Waals surface area contributed by atoms with Gasteiger partial charge in [0.05, 0.1) is 11.5 Å². The largest absolute Gasteiger partial charge is 0.457 e. The third kappa shape index (κ3) is 4.29. The fourth-order valence-electron chi connectivity index (χ4n) is 5.02. The summed E-state index contributed by atoms with van der Waals surface area (Å²) in [5.41, 5.74) is 5.00. The molecular formula is C29H27N2O3+. The summed E-state index contributed by atoms with van der Waals surface area (Å²) < 4.78 is 5.72. The van der Waals surface area contributed by atoms with Gasteiger partial charge in [0.25, 0.3) is 0 Å². The quantitative estimate of drug-likeness (QED) is 0.582. The van der Waals surface area contributed by atoms with E-state index in [1.165, 1.54) is 0 Å². The number of hydrogen-bond acceptors (Lipinski definition) is 4. The Morgan fingerprint density at radius 1 is 0.971 bits per heavy atom. The second-order valence-corrected chi connectivity index (χ2v) is 8.83. The average Bonchev–Trinajstić information content (AvgIpc) is 2.88. The van der Waals surface area contributed by atoms with Crippen molar-refractivity contribution in [2.75, 3.05) is 0 Å². The average molecular weight is 452 g/mol. The van der Waals surface area contributed by atoms with Crippen molar-refractivity contribution in [3.63, 3.8) is 0 Å². The Labute approximate surface area is 199 Å². The molecule has 3 aromatic rings. The van der Waals surface area contributed by atoms with Crippen LogP contribution in [0.25, 0.3) is 0 Å². The van der Waals surface area contributed by atoms with Crippen LogP contribution in [0.3, 0.4) is 0 Å². The molecule has 2 heterocycles. The molecule has 0 saturated heterocycles. The Morgan fingerprint density at radius 2 is 1.68 bits per heavy atom. The summed E-state index contributed by atoms with van der Waals surface area (Å²) in [5.74, 6) is -1.15. The summed E-state index contributed by atoms with van der Waals surface area (Å²) in [7, 11) is 0. The minimum atomic E-state index is -0.460. The maximum Gasteiger partial charge on any atom is 0.336 e. The van der Waals surface area contributed by atoms with E-state index in [0.29, 0.717) is 12.0 Å². The van der Waals surface area contributed by atoms with E-state index in [0.717, 1.165) is 28.1 Å². The molecule has 2 aromatic carbocycles. The van der Waals surface area contributed by atoms with Crippen LogP contribution in [0, 0.1) is 5.92 Å². The van der Waals surface area contributed by atoms with Crippen LogP contribution in [-0.2, 0) is 20.9 Å².